The summed E-state index contributed by atoms with van der Waals surface area (Å²) in [5.41, 5.74) is 3.00. The molecule has 3 aromatic heterocycles. The molecule has 0 saturated heterocycles. The lowest BCUT2D eigenvalue weighted by Gasteiger charge is -2.13. The van der Waals surface area contributed by atoms with Crippen LogP contribution in [0.5, 0.6) is 0 Å². The summed E-state index contributed by atoms with van der Waals surface area (Å²) in [6, 6.07) is 10.8. The summed E-state index contributed by atoms with van der Waals surface area (Å²) in [5, 5.41) is 4.82. The molecule has 1 N–H and O–H groups in total. The van der Waals surface area contributed by atoms with E-state index in [0.717, 1.165) is 23.1 Å². The number of nitrogens with one attached hydrogen (secondary N) is 1. The monoisotopic (exact) mass is 407 g/mol. The highest BCUT2D eigenvalue weighted by Gasteiger charge is 2.15. The number of benzene rings is 1. The highest BCUT2D eigenvalue weighted by molar-refractivity contribution is 5.73. The molecule has 0 radical (unpaired) electrons. The molecular formula is C22H22FN5O2. The summed E-state index contributed by atoms with van der Waals surface area (Å²) in [5.74, 6) is 0.0132. The van der Waals surface area contributed by atoms with Gasteiger partial charge < -0.3 is 9.72 Å². The Morgan fingerprint density at radius 2 is 2.03 bits per heavy atom. The molecule has 0 aliphatic carbocycles. The minimum absolute atomic E-state index is 0.0437. The van der Waals surface area contributed by atoms with Gasteiger partial charge in [-0.1, -0.05) is 24.3 Å². The third-order valence-electron chi connectivity index (χ3n) is 5.08. The van der Waals surface area contributed by atoms with E-state index in [4.69, 9.17) is 9.72 Å². The van der Waals surface area contributed by atoms with Crippen LogP contribution in [0.15, 0.2) is 53.6 Å². The van der Waals surface area contributed by atoms with E-state index in [0.29, 0.717) is 29.9 Å². The van der Waals surface area contributed by atoms with E-state index in [2.05, 4.69) is 15.1 Å². The number of pyridine rings is 1. The van der Waals surface area contributed by atoms with Crippen molar-refractivity contribution < 1.29 is 9.13 Å². The topological polar surface area (TPSA) is 85.7 Å². The van der Waals surface area contributed by atoms with E-state index in [1.165, 1.54) is 12.3 Å². The summed E-state index contributed by atoms with van der Waals surface area (Å²) in [7, 11) is 1.66. The number of hydrogen-bond acceptors (Lipinski definition) is 5. The van der Waals surface area contributed by atoms with Crippen molar-refractivity contribution in [2.45, 2.75) is 25.8 Å². The lowest BCUT2D eigenvalue weighted by atomic mass is 9.99. The van der Waals surface area contributed by atoms with Gasteiger partial charge in [0.2, 0.25) is 5.95 Å². The molecule has 1 aromatic carbocycles. The standard InChI is InChI=1S/C22H22FN5O2/c1-14(9-10-30-2)28-21-18(13-25-28)22(29)27-20(26-21)11-15-5-3-4-6-17(15)16-7-8-19(23)24-12-16/h3-8,12-14H,9-11H2,1-2H3,(H,26,27,29). The average molecular weight is 407 g/mol. The summed E-state index contributed by atoms with van der Waals surface area (Å²) < 4.78 is 20.1. The van der Waals surface area contributed by atoms with Gasteiger partial charge in [0.25, 0.3) is 5.56 Å². The van der Waals surface area contributed by atoms with Crippen LogP contribution < -0.4 is 5.56 Å². The first-order valence-electron chi connectivity index (χ1n) is 9.72. The van der Waals surface area contributed by atoms with Crippen LogP contribution in [0.4, 0.5) is 4.39 Å². The van der Waals surface area contributed by atoms with Crippen LogP contribution in [0.3, 0.4) is 0 Å². The molecule has 8 heteroatoms. The molecular weight excluding hydrogens is 385 g/mol. The van der Waals surface area contributed by atoms with E-state index in [9.17, 15) is 9.18 Å². The molecule has 154 valence electrons. The molecule has 0 amide bonds. The highest BCUT2D eigenvalue weighted by atomic mass is 19.1. The van der Waals surface area contributed by atoms with Crippen LogP contribution in [-0.2, 0) is 11.2 Å². The Labute approximate surface area is 172 Å². The van der Waals surface area contributed by atoms with Gasteiger partial charge in [0.05, 0.1) is 12.2 Å². The van der Waals surface area contributed by atoms with Crippen molar-refractivity contribution in [3.63, 3.8) is 0 Å². The Hall–Kier alpha value is -3.39. The van der Waals surface area contributed by atoms with E-state index in [1.54, 1.807) is 24.1 Å². The zero-order chi connectivity index (χ0) is 21.1. The molecule has 0 spiro atoms. The average Bonchev–Trinajstić information content (AvgIpc) is 3.18. The van der Waals surface area contributed by atoms with Crippen molar-refractivity contribution in [2.24, 2.45) is 0 Å². The van der Waals surface area contributed by atoms with Gasteiger partial charge in [-0.2, -0.15) is 9.49 Å². The Bertz CT molecular complexity index is 1220. The van der Waals surface area contributed by atoms with Crippen LogP contribution in [-0.4, -0.2) is 38.4 Å². The van der Waals surface area contributed by atoms with Crippen LogP contribution in [0.25, 0.3) is 22.2 Å². The Balaban J connectivity index is 1.71. The number of nitrogens with zero attached hydrogens (tertiary/aromatic N) is 4. The maximum absolute atomic E-state index is 13.2. The predicted octanol–water partition coefficient (Wildman–Crippen LogP) is 3.51. The molecule has 0 saturated carbocycles. The zero-order valence-corrected chi connectivity index (χ0v) is 16.8. The van der Waals surface area contributed by atoms with Crippen molar-refractivity contribution in [1.82, 2.24) is 24.7 Å². The van der Waals surface area contributed by atoms with Crippen molar-refractivity contribution >= 4 is 11.0 Å². The van der Waals surface area contributed by atoms with Gasteiger partial charge in [-0.05, 0) is 36.6 Å². The molecule has 0 aliphatic heterocycles. The Morgan fingerprint density at radius 1 is 1.20 bits per heavy atom. The smallest absolute Gasteiger partial charge is 0.262 e. The van der Waals surface area contributed by atoms with Gasteiger partial charge >= 0.3 is 0 Å². The minimum atomic E-state index is -0.525. The number of methoxy groups -OCH3 is 1. The van der Waals surface area contributed by atoms with Crippen LogP contribution in [0.1, 0.15) is 30.8 Å². The number of hydrogen-bond donors (Lipinski definition) is 1. The number of ether oxygens (including phenoxy) is 1. The molecule has 3 heterocycles. The van der Waals surface area contributed by atoms with Crippen molar-refractivity contribution in [2.75, 3.05) is 13.7 Å². The van der Waals surface area contributed by atoms with Crippen molar-refractivity contribution in [3.05, 3.63) is 76.5 Å². The number of halogens is 1. The lowest BCUT2D eigenvalue weighted by Crippen LogP contribution is -2.15. The summed E-state index contributed by atoms with van der Waals surface area (Å²) in [6.45, 7) is 2.61. The number of aromatic amines is 1. The first kappa shape index (κ1) is 19.9. The third-order valence-corrected chi connectivity index (χ3v) is 5.08. The molecule has 0 bridgehead atoms. The second kappa shape index (κ2) is 8.54. The van der Waals surface area contributed by atoms with Gasteiger partial charge in [0, 0.05) is 31.9 Å². The molecule has 0 aliphatic rings. The van der Waals surface area contributed by atoms with Crippen LogP contribution in [0.2, 0.25) is 0 Å². The maximum Gasteiger partial charge on any atom is 0.262 e. The summed E-state index contributed by atoms with van der Waals surface area (Å²) >= 11 is 0. The van der Waals surface area contributed by atoms with Crippen LogP contribution in [0, 0.1) is 5.95 Å². The van der Waals surface area contributed by atoms with Gasteiger partial charge in [0.1, 0.15) is 11.2 Å². The molecule has 4 aromatic rings. The Kier molecular flexibility index (Phi) is 5.67. The molecule has 4 rings (SSSR count). The SMILES string of the molecule is COCCC(C)n1ncc2c(=O)[nH]c(Cc3ccccc3-c3ccc(F)nc3)nc21. The van der Waals surface area contributed by atoms with Crippen LogP contribution >= 0.6 is 0 Å². The summed E-state index contributed by atoms with van der Waals surface area (Å²) in [4.78, 5) is 23.9. The van der Waals surface area contributed by atoms with Gasteiger partial charge in [-0.25, -0.2) is 14.6 Å². The second-order valence-electron chi connectivity index (χ2n) is 7.17. The van der Waals surface area contributed by atoms with Crippen molar-refractivity contribution in [1.29, 1.82) is 0 Å². The van der Waals surface area contributed by atoms with E-state index < -0.39 is 5.95 Å². The summed E-state index contributed by atoms with van der Waals surface area (Å²) in [6.07, 6.45) is 4.22. The fourth-order valence-corrected chi connectivity index (χ4v) is 3.47. The van der Waals surface area contributed by atoms with Gasteiger partial charge in [-0.3, -0.25) is 4.79 Å². The molecule has 1 unspecified atom stereocenters. The lowest BCUT2D eigenvalue weighted by molar-refractivity contribution is 0.179. The molecule has 30 heavy (non-hydrogen) atoms. The van der Waals surface area contributed by atoms with E-state index >= 15 is 0 Å². The fraction of sp³-hybridized carbons (Fsp3) is 0.273. The third kappa shape index (κ3) is 3.99. The normalized spacial score (nSPS) is 12.4. The molecule has 0 fully saturated rings. The molecule has 1 atom stereocenters. The quantitative estimate of drug-likeness (QED) is 0.474. The number of fused-ring (bicyclic) bond motifs is 1. The second-order valence-corrected chi connectivity index (χ2v) is 7.17. The number of aromatic nitrogens is 5. The fourth-order valence-electron chi connectivity index (χ4n) is 3.47. The largest absolute Gasteiger partial charge is 0.385 e. The molecule has 7 nitrogen and oxygen atoms in total. The zero-order valence-electron chi connectivity index (χ0n) is 16.8. The minimum Gasteiger partial charge on any atom is -0.385 e. The first-order valence-corrected chi connectivity index (χ1v) is 9.72. The highest BCUT2D eigenvalue weighted by Crippen LogP contribution is 2.25. The first-order chi connectivity index (χ1) is 14.6. The Morgan fingerprint density at radius 3 is 2.80 bits per heavy atom. The number of rotatable bonds is 7. The van der Waals surface area contributed by atoms with E-state index in [1.807, 2.05) is 31.2 Å². The predicted molar refractivity (Wildman–Crippen MR) is 112 cm³/mol. The van der Waals surface area contributed by atoms with E-state index in [-0.39, 0.29) is 11.6 Å². The van der Waals surface area contributed by atoms with Gasteiger partial charge in [-0.15, -0.1) is 0 Å². The van der Waals surface area contributed by atoms with Gasteiger partial charge in [0.15, 0.2) is 5.65 Å². The number of H-pyrrole nitrogens is 1. The maximum atomic E-state index is 13.2. The van der Waals surface area contributed by atoms with Crippen molar-refractivity contribution in [3.8, 4) is 11.1 Å².